The van der Waals surface area contributed by atoms with E-state index in [4.69, 9.17) is 7.85 Å². The molecule has 3 heteroatoms. The Bertz CT molecular complexity index is 518. The highest BCUT2D eigenvalue weighted by Gasteiger charge is 2.68. The molecule has 1 aliphatic heterocycles. The van der Waals surface area contributed by atoms with Gasteiger partial charge in [-0.05, 0) is 55.4 Å². The van der Waals surface area contributed by atoms with Crippen LogP contribution in [0.4, 0.5) is 0 Å². The van der Waals surface area contributed by atoms with Gasteiger partial charge in [-0.3, -0.25) is 4.79 Å². The standard InChI is InChI=1S/C21H34BNO/c1-5-7-16-17(20(4,9-6-2)14(3)8-10-24)12-19-21(23-19)13-15(22)11-18(16)21/h8,10,15-19,23H,5-7,9,11-13H2,1-4H3/b14-8-. The fraction of sp³-hybridized carbons (Fsp3) is 0.857. The molecule has 1 heterocycles. The second kappa shape index (κ2) is 6.63. The van der Waals surface area contributed by atoms with Gasteiger partial charge >= 0.3 is 0 Å². The van der Waals surface area contributed by atoms with Crippen molar-refractivity contribution in [3.05, 3.63) is 11.6 Å². The maximum Gasteiger partial charge on any atom is 0.142 e. The molecule has 2 saturated carbocycles. The minimum absolute atomic E-state index is 0.138. The zero-order valence-electron chi connectivity index (χ0n) is 16.0. The van der Waals surface area contributed by atoms with Gasteiger partial charge in [0.05, 0.1) is 7.85 Å². The molecule has 24 heavy (non-hydrogen) atoms. The molecule has 1 N–H and O–H groups in total. The Balaban J connectivity index is 1.95. The fourth-order valence-electron chi connectivity index (χ4n) is 6.54. The van der Waals surface area contributed by atoms with Gasteiger partial charge < -0.3 is 5.32 Å². The molecule has 0 amide bonds. The van der Waals surface area contributed by atoms with Gasteiger partial charge in [0.15, 0.2) is 0 Å². The molecule has 7 unspecified atom stereocenters. The van der Waals surface area contributed by atoms with Gasteiger partial charge in [-0.2, -0.15) is 0 Å². The van der Waals surface area contributed by atoms with Crippen LogP contribution in [0.3, 0.4) is 0 Å². The highest BCUT2D eigenvalue weighted by molar-refractivity contribution is 6.12. The van der Waals surface area contributed by atoms with Crippen molar-refractivity contribution >= 4 is 14.1 Å². The number of hydrogen-bond acceptors (Lipinski definition) is 2. The Morgan fingerprint density at radius 2 is 2.08 bits per heavy atom. The van der Waals surface area contributed by atoms with E-state index in [1.807, 2.05) is 6.08 Å². The summed E-state index contributed by atoms with van der Waals surface area (Å²) >= 11 is 0. The molecule has 0 aromatic carbocycles. The lowest BCUT2D eigenvalue weighted by atomic mass is 9.55. The summed E-state index contributed by atoms with van der Waals surface area (Å²) in [6, 6.07) is 0.661. The van der Waals surface area contributed by atoms with Crippen molar-refractivity contribution in [2.75, 3.05) is 0 Å². The number of aldehydes is 1. The normalized spacial score (nSPS) is 43.7. The van der Waals surface area contributed by atoms with Gasteiger partial charge in [0.2, 0.25) is 0 Å². The van der Waals surface area contributed by atoms with Crippen LogP contribution in [0, 0.1) is 23.2 Å². The second-order valence-electron chi connectivity index (χ2n) is 8.99. The first-order chi connectivity index (χ1) is 11.4. The SMILES string of the molecule is [B]C1CC2C(CCC)C(C(C)(CCC)/C(C)=C\C=O)CC3NC32C1. The lowest BCUT2D eigenvalue weighted by molar-refractivity contribution is -0.104. The smallest absolute Gasteiger partial charge is 0.142 e. The monoisotopic (exact) mass is 327 g/mol. The van der Waals surface area contributed by atoms with Crippen molar-refractivity contribution in [2.24, 2.45) is 23.2 Å². The molecule has 1 spiro atoms. The van der Waals surface area contributed by atoms with Gasteiger partial charge in [0.25, 0.3) is 0 Å². The van der Waals surface area contributed by atoms with Crippen molar-refractivity contribution in [3.63, 3.8) is 0 Å². The number of hydrogen-bond donors (Lipinski definition) is 1. The molecule has 3 rings (SSSR count). The average molecular weight is 327 g/mol. The van der Waals surface area contributed by atoms with Crippen LogP contribution in [0.25, 0.3) is 0 Å². The summed E-state index contributed by atoms with van der Waals surface area (Å²) in [6.07, 6.45) is 11.3. The maximum atomic E-state index is 11.1. The molecule has 2 radical (unpaired) electrons. The van der Waals surface area contributed by atoms with Gasteiger partial charge in [-0.15, -0.1) is 0 Å². The molecule has 3 fully saturated rings. The van der Waals surface area contributed by atoms with E-state index in [0.29, 0.717) is 23.3 Å². The molecular weight excluding hydrogens is 293 g/mol. The van der Waals surface area contributed by atoms with Crippen molar-refractivity contribution < 1.29 is 4.79 Å². The van der Waals surface area contributed by atoms with Crippen LogP contribution < -0.4 is 5.32 Å². The molecule has 2 nitrogen and oxygen atoms in total. The Hall–Kier alpha value is -0.565. The number of nitrogens with one attached hydrogen (secondary N) is 1. The van der Waals surface area contributed by atoms with Crippen molar-refractivity contribution in [1.82, 2.24) is 5.32 Å². The molecular formula is C21H34BNO. The summed E-state index contributed by atoms with van der Waals surface area (Å²) in [5, 5.41) is 3.87. The van der Waals surface area contributed by atoms with Gasteiger partial charge in [0, 0.05) is 11.6 Å². The Morgan fingerprint density at radius 1 is 1.33 bits per heavy atom. The Morgan fingerprint density at radius 3 is 2.71 bits per heavy atom. The van der Waals surface area contributed by atoms with Crippen molar-refractivity contribution in [3.8, 4) is 0 Å². The van der Waals surface area contributed by atoms with Crippen molar-refractivity contribution in [2.45, 2.75) is 90.0 Å². The summed E-state index contributed by atoms with van der Waals surface area (Å²) in [4.78, 5) is 11.1. The first-order valence-corrected chi connectivity index (χ1v) is 10.1. The van der Waals surface area contributed by atoms with Crippen LogP contribution in [-0.4, -0.2) is 25.7 Å². The molecule has 1 saturated heterocycles. The average Bonchev–Trinajstić information content (AvgIpc) is 3.12. The topological polar surface area (TPSA) is 39.0 Å². The van der Waals surface area contributed by atoms with Crippen molar-refractivity contribution in [1.29, 1.82) is 0 Å². The van der Waals surface area contributed by atoms with E-state index in [1.165, 1.54) is 50.5 Å². The summed E-state index contributed by atoms with van der Waals surface area (Å²) in [7, 11) is 6.39. The molecule has 0 aromatic rings. The third-order valence-electron chi connectivity index (χ3n) is 7.75. The summed E-state index contributed by atoms with van der Waals surface area (Å²) in [6.45, 7) is 9.19. The quantitative estimate of drug-likeness (QED) is 0.325. The number of carbonyl (C=O) groups is 1. The van der Waals surface area contributed by atoms with E-state index in [0.717, 1.165) is 18.1 Å². The van der Waals surface area contributed by atoms with E-state index < -0.39 is 0 Å². The Labute approximate surface area is 149 Å². The van der Waals surface area contributed by atoms with E-state index in [-0.39, 0.29) is 5.41 Å². The number of carbonyl (C=O) groups excluding carboxylic acids is 1. The summed E-state index contributed by atoms with van der Waals surface area (Å²) in [5.41, 5.74) is 1.78. The van der Waals surface area contributed by atoms with Crippen LogP contribution in [0.15, 0.2) is 11.6 Å². The zero-order valence-corrected chi connectivity index (χ0v) is 16.0. The van der Waals surface area contributed by atoms with Crippen LogP contribution in [-0.2, 0) is 4.79 Å². The third-order valence-corrected chi connectivity index (χ3v) is 7.75. The van der Waals surface area contributed by atoms with Gasteiger partial charge in [-0.1, -0.05) is 57.8 Å². The van der Waals surface area contributed by atoms with E-state index in [9.17, 15) is 4.79 Å². The fourth-order valence-corrected chi connectivity index (χ4v) is 6.54. The van der Waals surface area contributed by atoms with E-state index in [2.05, 4.69) is 33.0 Å². The minimum atomic E-state index is 0.138. The first kappa shape index (κ1) is 18.2. The van der Waals surface area contributed by atoms with E-state index >= 15 is 0 Å². The first-order valence-electron chi connectivity index (χ1n) is 10.1. The van der Waals surface area contributed by atoms with Gasteiger partial charge in [0.1, 0.15) is 6.29 Å². The maximum absolute atomic E-state index is 11.1. The summed E-state index contributed by atoms with van der Waals surface area (Å²) < 4.78 is 0. The second-order valence-corrected chi connectivity index (χ2v) is 8.99. The molecule has 0 aromatic heterocycles. The molecule has 7 atom stereocenters. The predicted octanol–water partition coefficient (Wildman–Crippen LogP) is 4.45. The predicted molar refractivity (Wildman–Crippen MR) is 101 cm³/mol. The third kappa shape index (κ3) is 2.71. The van der Waals surface area contributed by atoms with Crippen LogP contribution in [0.5, 0.6) is 0 Å². The molecule has 3 aliphatic rings. The van der Waals surface area contributed by atoms with E-state index in [1.54, 1.807) is 0 Å². The highest BCUT2D eigenvalue weighted by atomic mass is 16.1. The molecule has 0 bridgehead atoms. The minimum Gasteiger partial charge on any atom is -0.305 e. The van der Waals surface area contributed by atoms with Crippen LogP contribution in [0.1, 0.15) is 72.6 Å². The lowest BCUT2D eigenvalue weighted by Crippen LogP contribution is -2.45. The largest absolute Gasteiger partial charge is 0.305 e. The number of rotatable bonds is 7. The molecule has 2 aliphatic carbocycles. The van der Waals surface area contributed by atoms with Gasteiger partial charge in [-0.25, -0.2) is 0 Å². The highest BCUT2D eigenvalue weighted by Crippen LogP contribution is 2.65. The Kier molecular flexibility index (Phi) is 5.04. The number of allylic oxidation sites excluding steroid dienone is 2. The lowest BCUT2D eigenvalue weighted by Gasteiger charge is -2.49. The molecule has 132 valence electrons. The van der Waals surface area contributed by atoms with Crippen LogP contribution in [0.2, 0.25) is 5.82 Å². The summed E-state index contributed by atoms with van der Waals surface area (Å²) in [5.74, 6) is 2.50. The zero-order chi connectivity index (χ0) is 17.5. The van der Waals surface area contributed by atoms with Crippen LogP contribution >= 0.6 is 0 Å².